The minimum atomic E-state index is 0.0390. The van der Waals surface area contributed by atoms with Crippen molar-refractivity contribution in [2.45, 2.75) is 9.65 Å². The van der Waals surface area contributed by atoms with Crippen molar-refractivity contribution in [3.05, 3.63) is 42.0 Å². The Morgan fingerprint density at radius 2 is 1.86 bits per heavy atom. The summed E-state index contributed by atoms with van der Waals surface area (Å²) in [5, 5.41) is 8.97. The number of halogens is 2. The van der Waals surface area contributed by atoms with E-state index in [1.807, 2.05) is 30.3 Å². The van der Waals surface area contributed by atoms with E-state index < -0.39 is 0 Å². The fourth-order valence-electron chi connectivity index (χ4n) is 1.12. The summed E-state index contributed by atoms with van der Waals surface area (Å²) in [5.74, 6) is 0. The molecule has 0 aliphatic rings. The fraction of sp³-hybridized carbons (Fsp3) is 0.273. The highest BCUT2D eigenvalue weighted by atomic mass is 79.9. The number of hydrogen-bond acceptors (Lipinski definition) is 1. The Labute approximate surface area is 101 Å². The standard InChI is InChI=1S/C11H12Br2O/c1-2-8-3-5-9(6-4-8)11(13)10(12)7-14/h2-6,10-11,14H,1,7H2/t10-,11+/m1/s1. The van der Waals surface area contributed by atoms with E-state index in [9.17, 15) is 0 Å². The van der Waals surface area contributed by atoms with Crippen molar-refractivity contribution in [2.75, 3.05) is 6.61 Å². The second-order valence-electron chi connectivity index (χ2n) is 2.97. The van der Waals surface area contributed by atoms with E-state index in [2.05, 4.69) is 38.4 Å². The van der Waals surface area contributed by atoms with Crippen molar-refractivity contribution in [1.82, 2.24) is 0 Å². The first-order chi connectivity index (χ1) is 6.69. The molecule has 14 heavy (non-hydrogen) atoms. The molecule has 0 aliphatic heterocycles. The Hall–Kier alpha value is -0.120. The normalized spacial score (nSPS) is 14.8. The molecule has 0 saturated carbocycles. The molecule has 2 atom stereocenters. The van der Waals surface area contributed by atoms with Crippen LogP contribution < -0.4 is 0 Å². The highest BCUT2D eigenvalue weighted by Gasteiger charge is 2.16. The summed E-state index contributed by atoms with van der Waals surface area (Å²) in [5.41, 5.74) is 2.25. The Balaban J connectivity index is 2.80. The van der Waals surface area contributed by atoms with Crippen LogP contribution in [0, 0.1) is 0 Å². The maximum Gasteiger partial charge on any atom is 0.0570 e. The molecule has 0 spiro atoms. The Morgan fingerprint density at radius 3 is 2.29 bits per heavy atom. The van der Waals surface area contributed by atoms with Crippen LogP contribution in [-0.2, 0) is 0 Å². The van der Waals surface area contributed by atoms with Gasteiger partial charge in [0.25, 0.3) is 0 Å². The zero-order valence-electron chi connectivity index (χ0n) is 7.66. The lowest BCUT2D eigenvalue weighted by Gasteiger charge is -2.14. The van der Waals surface area contributed by atoms with E-state index in [1.54, 1.807) is 0 Å². The van der Waals surface area contributed by atoms with E-state index in [0.29, 0.717) is 0 Å². The number of aliphatic hydroxyl groups excluding tert-OH is 1. The Morgan fingerprint density at radius 1 is 1.29 bits per heavy atom. The van der Waals surface area contributed by atoms with E-state index in [1.165, 1.54) is 0 Å². The molecule has 0 fully saturated rings. The molecule has 0 saturated heterocycles. The van der Waals surface area contributed by atoms with Crippen molar-refractivity contribution in [3.63, 3.8) is 0 Å². The Bertz CT molecular complexity index is 295. The molecule has 76 valence electrons. The van der Waals surface area contributed by atoms with Crippen LogP contribution in [0.4, 0.5) is 0 Å². The van der Waals surface area contributed by atoms with E-state index in [-0.39, 0.29) is 16.3 Å². The molecule has 1 aromatic rings. The van der Waals surface area contributed by atoms with Crippen LogP contribution in [0.15, 0.2) is 30.8 Å². The monoisotopic (exact) mass is 318 g/mol. The summed E-state index contributed by atoms with van der Waals surface area (Å²) in [7, 11) is 0. The van der Waals surface area contributed by atoms with Crippen LogP contribution >= 0.6 is 31.9 Å². The van der Waals surface area contributed by atoms with Crippen molar-refractivity contribution >= 4 is 37.9 Å². The van der Waals surface area contributed by atoms with Crippen LogP contribution in [-0.4, -0.2) is 16.5 Å². The van der Waals surface area contributed by atoms with E-state index in [4.69, 9.17) is 5.11 Å². The van der Waals surface area contributed by atoms with Gasteiger partial charge < -0.3 is 5.11 Å². The second-order valence-corrected chi connectivity index (χ2v) is 5.13. The third kappa shape index (κ3) is 2.94. The highest BCUT2D eigenvalue weighted by Crippen LogP contribution is 2.30. The molecule has 0 aliphatic carbocycles. The minimum absolute atomic E-state index is 0.0390. The quantitative estimate of drug-likeness (QED) is 0.842. The lowest BCUT2D eigenvalue weighted by atomic mass is 10.1. The first-order valence-electron chi connectivity index (χ1n) is 4.30. The number of hydrogen-bond donors (Lipinski definition) is 1. The van der Waals surface area contributed by atoms with Gasteiger partial charge >= 0.3 is 0 Å². The van der Waals surface area contributed by atoms with Gasteiger partial charge in [0.1, 0.15) is 0 Å². The molecular weight excluding hydrogens is 308 g/mol. The topological polar surface area (TPSA) is 20.2 Å². The number of aliphatic hydroxyl groups is 1. The molecule has 0 aromatic heterocycles. The molecule has 0 radical (unpaired) electrons. The summed E-state index contributed by atoms with van der Waals surface area (Å²) in [6, 6.07) is 8.07. The second kappa shape index (κ2) is 5.69. The van der Waals surface area contributed by atoms with Crippen LogP contribution in [0.2, 0.25) is 0 Å². The fourth-order valence-corrected chi connectivity index (χ4v) is 1.89. The van der Waals surface area contributed by atoms with Gasteiger partial charge in [0.2, 0.25) is 0 Å². The third-order valence-electron chi connectivity index (χ3n) is 1.98. The number of rotatable bonds is 4. The summed E-state index contributed by atoms with van der Waals surface area (Å²) in [6.07, 6.45) is 1.81. The molecule has 1 aromatic carbocycles. The van der Waals surface area contributed by atoms with Gasteiger partial charge in [-0.3, -0.25) is 0 Å². The van der Waals surface area contributed by atoms with Gasteiger partial charge in [0.15, 0.2) is 0 Å². The molecule has 1 rings (SSSR count). The molecule has 0 amide bonds. The zero-order valence-corrected chi connectivity index (χ0v) is 10.8. The van der Waals surface area contributed by atoms with Crippen molar-refractivity contribution in [3.8, 4) is 0 Å². The smallest absolute Gasteiger partial charge is 0.0570 e. The molecule has 1 N–H and O–H groups in total. The lowest BCUT2D eigenvalue weighted by Crippen LogP contribution is -2.10. The van der Waals surface area contributed by atoms with Crippen molar-refractivity contribution in [1.29, 1.82) is 0 Å². The third-order valence-corrected chi connectivity index (χ3v) is 4.68. The van der Waals surface area contributed by atoms with Gasteiger partial charge in [0, 0.05) is 0 Å². The molecule has 0 unspecified atom stereocenters. The van der Waals surface area contributed by atoms with Crippen molar-refractivity contribution in [2.24, 2.45) is 0 Å². The van der Waals surface area contributed by atoms with Crippen LogP contribution in [0.3, 0.4) is 0 Å². The average Bonchev–Trinajstić information content (AvgIpc) is 2.27. The Kier molecular flexibility index (Phi) is 4.85. The molecule has 0 heterocycles. The molecular formula is C11H12Br2O. The van der Waals surface area contributed by atoms with Gasteiger partial charge in [-0.1, -0.05) is 68.8 Å². The zero-order chi connectivity index (χ0) is 10.6. The first-order valence-corrected chi connectivity index (χ1v) is 6.13. The molecule has 1 nitrogen and oxygen atoms in total. The maximum absolute atomic E-state index is 8.97. The van der Waals surface area contributed by atoms with Crippen LogP contribution in [0.25, 0.3) is 6.08 Å². The number of benzene rings is 1. The summed E-state index contributed by atoms with van der Waals surface area (Å²) >= 11 is 6.92. The predicted octanol–water partition coefficient (Wildman–Crippen LogP) is 3.52. The number of alkyl halides is 2. The predicted molar refractivity (Wildman–Crippen MR) is 68.0 cm³/mol. The lowest BCUT2D eigenvalue weighted by molar-refractivity contribution is 0.296. The summed E-state index contributed by atoms with van der Waals surface area (Å²) < 4.78 is 0. The SMILES string of the molecule is C=Cc1ccc([C@H](Br)[C@H](Br)CO)cc1. The van der Waals surface area contributed by atoms with Gasteiger partial charge in [-0.25, -0.2) is 0 Å². The largest absolute Gasteiger partial charge is 0.395 e. The summed E-state index contributed by atoms with van der Waals surface area (Å²) in [6.45, 7) is 3.81. The van der Waals surface area contributed by atoms with Gasteiger partial charge in [-0.15, -0.1) is 0 Å². The van der Waals surface area contributed by atoms with E-state index >= 15 is 0 Å². The van der Waals surface area contributed by atoms with Crippen LogP contribution in [0.5, 0.6) is 0 Å². The first kappa shape index (κ1) is 12.0. The molecule has 3 heteroatoms. The highest BCUT2D eigenvalue weighted by molar-refractivity contribution is 9.12. The van der Waals surface area contributed by atoms with Gasteiger partial charge in [0.05, 0.1) is 16.3 Å². The van der Waals surface area contributed by atoms with Crippen LogP contribution in [0.1, 0.15) is 16.0 Å². The van der Waals surface area contributed by atoms with Gasteiger partial charge in [-0.2, -0.15) is 0 Å². The minimum Gasteiger partial charge on any atom is -0.395 e. The van der Waals surface area contributed by atoms with Gasteiger partial charge in [-0.05, 0) is 11.1 Å². The van der Waals surface area contributed by atoms with E-state index in [0.717, 1.165) is 11.1 Å². The maximum atomic E-state index is 8.97. The average molecular weight is 320 g/mol. The molecule has 0 bridgehead atoms. The summed E-state index contributed by atoms with van der Waals surface area (Å²) in [4.78, 5) is 0.170. The van der Waals surface area contributed by atoms with Crippen molar-refractivity contribution < 1.29 is 5.11 Å².